The summed E-state index contributed by atoms with van der Waals surface area (Å²) in [5, 5.41) is 40.0. The smallest absolute Gasteiger partial charge is 0.244 e. The van der Waals surface area contributed by atoms with Gasteiger partial charge in [0.1, 0.15) is 19.4 Å². The minimum atomic E-state index is -0.787. The summed E-state index contributed by atoms with van der Waals surface area (Å²) in [7, 11) is 1.86. The zero-order chi connectivity index (χ0) is 27.2. The van der Waals surface area contributed by atoms with Crippen LogP contribution in [0, 0.1) is 5.92 Å². The molecule has 0 spiro atoms. The summed E-state index contributed by atoms with van der Waals surface area (Å²) >= 11 is 0. The molecule has 0 aromatic heterocycles. The van der Waals surface area contributed by atoms with E-state index in [1.54, 1.807) is 0 Å². The average Bonchev–Trinajstić information content (AvgIpc) is 3.19. The lowest BCUT2D eigenvalue weighted by atomic mass is 9.85. The van der Waals surface area contributed by atoms with Crippen LogP contribution in [0.1, 0.15) is 39.0 Å². The number of benzene rings is 1. The maximum Gasteiger partial charge on any atom is 0.244 e. The standard InChI is InChI=1S/C28H45N8O3/c1-28(38)13-4-3-5-14-34-26(37)22-19-29-27(32-25(22)35(34)24-8-6-7-23(28)31-24)30-20-9-11-21(12-10-20)33-15-17-36(2,39)18-16-33/h3,5,9-12,22-25,27,29-32,38-39H,4,6-8,13-19H2,1-2H3/q+1/b5-3-. The highest BCUT2D eigenvalue weighted by atomic mass is 16.5. The van der Waals surface area contributed by atoms with Gasteiger partial charge in [0.05, 0.1) is 50.5 Å². The topological polar surface area (TPSA) is 115 Å². The molecule has 11 heteroatoms. The number of nitrogens with zero attached hydrogens (tertiary/aromatic N) is 4. The first-order chi connectivity index (χ1) is 18.7. The number of rotatable bonds is 3. The Morgan fingerprint density at radius 1 is 1.10 bits per heavy atom. The number of hydrogen-bond donors (Lipinski definition) is 6. The fraction of sp³-hybridized carbons (Fsp3) is 0.679. The Kier molecular flexibility index (Phi) is 7.34. The van der Waals surface area contributed by atoms with Crippen LogP contribution >= 0.6 is 0 Å². The predicted octanol–water partition coefficient (Wildman–Crippen LogP) is 0.801. The van der Waals surface area contributed by atoms with Crippen molar-refractivity contribution in [3.05, 3.63) is 36.4 Å². The number of piperidine rings is 1. The molecule has 214 valence electrons. The van der Waals surface area contributed by atoms with E-state index < -0.39 is 5.60 Å². The summed E-state index contributed by atoms with van der Waals surface area (Å²) in [6.07, 6.45) is 8.21. The van der Waals surface area contributed by atoms with Crippen molar-refractivity contribution in [2.45, 2.75) is 69.3 Å². The number of quaternary nitrogens is 1. The van der Waals surface area contributed by atoms with E-state index >= 15 is 0 Å². The van der Waals surface area contributed by atoms with Crippen LogP contribution in [0.15, 0.2) is 36.4 Å². The fourth-order valence-corrected chi connectivity index (χ4v) is 6.82. The first-order valence-corrected chi connectivity index (χ1v) is 14.6. The van der Waals surface area contributed by atoms with Crippen molar-refractivity contribution in [2.75, 3.05) is 56.5 Å². The van der Waals surface area contributed by atoms with Crippen LogP contribution in [0.3, 0.4) is 0 Å². The number of hydroxylamine groups is 3. The van der Waals surface area contributed by atoms with E-state index in [0.717, 1.165) is 50.1 Å². The van der Waals surface area contributed by atoms with Gasteiger partial charge in [-0.3, -0.25) is 25.8 Å². The van der Waals surface area contributed by atoms with Gasteiger partial charge in [-0.25, -0.2) is 5.21 Å². The van der Waals surface area contributed by atoms with Gasteiger partial charge >= 0.3 is 0 Å². The molecule has 6 rings (SSSR count). The second-order valence-corrected chi connectivity index (χ2v) is 12.4. The van der Waals surface area contributed by atoms with Crippen LogP contribution in [0.5, 0.6) is 0 Å². The van der Waals surface area contributed by atoms with E-state index in [1.807, 2.05) is 19.0 Å². The molecule has 5 aliphatic rings. The zero-order valence-electron chi connectivity index (χ0n) is 23.2. The molecule has 1 aromatic carbocycles. The third kappa shape index (κ3) is 5.54. The van der Waals surface area contributed by atoms with Crippen molar-refractivity contribution >= 4 is 17.3 Å². The number of fused-ring (bicyclic) bond motifs is 6. The third-order valence-electron chi connectivity index (χ3n) is 9.34. The summed E-state index contributed by atoms with van der Waals surface area (Å²) in [6, 6.07) is 8.43. The molecule has 1 amide bonds. The van der Waals surface area contributed by atoms with Crippen LogP contribution in [0.2, 0.25) is 0 Å². The Bertz CT molecular complexity index is 1050. The van der Waals surface area contributed by atoms with Crippen LogP contribution in [-0.4, -0.2) is 107 Å². The molecule has 5 heterocycles. The Morgan fingerprint density at radius 2 is 1.87 bits per heavy atom. The number of likely N-dealkylation sites (N-methyl/N-ethyl adjacent to an activating group) is 1. The lowest BCUT2D eigenvalue weighted by Crippen LogP contribution is -2.69. The fourth-order valence-electron chi connectivity index (χ4n) is 6.82. The predicted molar refractivity (Wildman–Crippen MR) is 149 cm³/mol. The summed E-state index contributed by atoms with van der Waals surface area (Å²) in [4.78, 5) is 15.9. The number of hydrogen-bond acceptors (Lipinski definition) is 9. The quantitative estimate of drug-likeness (QED) is 0.244. The van der Waals surface area contributed by atoms with Crippen LogP contribution in [0.25, 0.3) is 0 Å². The minimum Gasteiger partial charge on any atom is -0.389 e. The maximum absolute atomic E-state index is 13.6. The summed E-state index contributed by atoms with van der Waals surface area (Å²) in [5.41, 5.74) is 1.37. The van der Waals surface area contributed by atoms with Gasteiger partial charge in [0, 0.05) is 24.0 Å². The largest absolute Gasteiger partial charge is 0.389 e. The SMILES string of the molecule is CC1(O)CC/C=C\CN2C(=O)C3CNC(Nc4ccc(N5CC[N+](C)(O)CC5)cc4)NC3N2C2CCCC1N2. The Morgan fingerprint density at radius 3 is 2.64 bits per heavy atom. The lowest BCUT2D eigenvalue weighted by Gasteiger charge is -2.47. The molecule has 6 atom stereocenters. The second kappa shape index (κ2) is 10.6. The molecule has 0 saturated carbocycles. The molecule has 4 fully saturated rings. The van der Waals surface area contributed by atoms with Gasteiger partial charge in [-0.05, 0) is 63.3 Å². The molecule has 5 aliphatic heterocycles. The molecule has 0 radical (unpaired) electrons. The number of amides is 1. The number of anilines is 2. The van der Waals surface area contributed by atoms with Crippen LogP contribution < -0.4 is 26.2 Å². The molecule has 39 heavy (non-hydrogen) atoms. The number of piperazine rings is 1. The van der Waals surface area contributed by atoms with Crippen molar-refractivity contribution in [2.24, 2.45) is 5.92 Å². The van der Waals surface area contributed by atoms with Crippen LogP contribution in [0.4, 0.5) is 11.4 Å². The number of allylic oxidation sites excluding steroid dienone is 1. The van der Waals surface area contributed by atoms with E-state index in [9.17, 15) is 15.1 Å². The highest BCUT2D eigenvalue weighted by Gasteiger charge is 2.52. The molecule has 4 saturated heterocycles. The van der Waals surface area contributed by atoms with E-state index in [2.05, 4.69) is 67.6 Å². The minimum absolute atomic E-state index is 0.00197. The Labute approximate surface area is 231 Å². The van der Waals surface area contributed by atoms with E-state index in [0.29, 0.717) is 32.6 Å². The first kappa shape index (κ1) is 26.9. The third-order valence-corrected chi connectivity index (χ3v) is 9.34. The summed E-state index contributed by atoms with van der Waals surface area (Å²) in [6.45, 7) is 6.16. The highest BCUT2D eigenvalue weighted by Crippen LogP contribution is 2.34. The number of carbonyl (C=O) groups is 1. The van der Waals surface area contributed by atoms with Gasteiger partial charge in [-0.15, -0.1) is 0 Å². The van der Waals surface area contributed by atoms with Gasteiger partial charge < -0.3 is 15.3 Å². The van der Waals surface area contributed by atoms with Crippen molar-refractivity contribution < 1.29 is 19.8 Å². The molecule has 11 nitrogen and oxygen atoms in total. The van der Waals surface area contributed by atoms with Gasteiger partial charge in [0.2, 0.25) is 5.91 Å². The van der Waals surface area contributed by atoms with Crippen molar-refractivity contribution in [3.8, 4) is 0 Å². The van der Waals surface area contributed by atoms with Gasteiger partial charge in [0.15, 0.2) is 0 Å². The number of aliphatic hydroxyl groups is 1. The van der Waals surface area contributed by atoms with Crippen LogP contribution in [-0.2, 0) is 4.79 Å². The van der Waals surface area contributed by atoms with E-state index in [-0.39, 0.29) is 41.1 Å². The van der Waals surface area contributed by atoms with Gasteiger partial charge in [0.25, 0.3) is 0 Å². The molecule has 2 bridgehead atoms. The summed E-state index contributed by atoms with van der Waals surface area (Å²) < 4.78 is 0.0842. The van der Waals surface area contributed by atoms with E-state index in [4.69, 9.17) is 0 Å². The Balaban J connectivity index is 1.15. The zero-order valence-corrected chi connectivity index (χ0v) is 23.2. The molecule has 1 aromatic rings. The second-order valence-electron chi connectivity index (χ2n) is 12.4. The normalized spacial score (nSPS) is 37.9. The molecular formula is C28H45N8O3+. The number of hydrazine groups is 1. The van der Waals surface area contributed by atoms with Crippen molar-refractivity contribution in [1.29, 1.82) is 0 Å². The maximum atomic E-state index is 13.6. The summed E-state index contributed by atoms with van der Waals surface area (Å²) in [5.74, 6) is -0.0410. The van der Waals surface area contributed by atoms with E-state index in [1.165, 1.54) is 0 Å². The lowest BCUT2D eigenvalue weighted by molar-refractivity contribution is -1.09. The van der Waals surface area contributed by atoms with Crippen molar-refractivity contribution in [1.82, 2.24) is 26.0 Å². The highest BCUT2D eigenvalue weighted by molar-refractivity contribution is 5.82. The monoisotopic (exact) mass is 541 g/mol. The van der Waals surface area contributed by atoms with Crippen molar-refractivity contribution in [3.63, 3.8) is 0 Å². The van der Waals surface area contributed by atoms with Gasteiger partial charge in [-0.2, -0.15) is 9.66 Å². The Hall–Kier alpha value is -2.25. The number of carbonyl (C=O) groups excluding carboxylic acids is 1. The molecule has 0 aliphatic carbocycles. The first-order valence-electron chi connectivity index (χ1n) is 14.6. The van der Waals surface area contributed by atoms with Gasteiger partial charge in [-0.1, -0.05) is 12.2 Å². The molecule has 6 unspecified atom stereocenters. The molecule has 6 N–H and O–H groups in total. The number of nitrogens with one attached hydrogen (secondary N) is 4. The average molecular weight is 542 g/mol. The molecular weight excluding hydrogens is 496 g/mol.